The Morgan fingerprint density at radius 3 is 2.62 bits per heavy atom. The van der Waals surface area contributed by atoms with Gasteiger partial charge in [-0.2, -0.15) is 5.26 Å². The van der Waals surface area contributed by atoms with E-state index in [4.69, 9.17) is 14.2 Å². The maximum atomic E-state index is 12.6. The predicted molar refractivity (Wildman–Crippen MR) is 114 cm³/mol. The molecule has 8 nitrogen and oxygen atoms in total. The van der Waals surface area contributed by atoms with Crippen LogP contribution in [0.25, 0.3) is 6.08 Å². The van der Waals surface area contributed by atoms with Gasteiger partial charge in [0.25, 0.3) is 5.69 Å². The summed E-state index contributed by atoms with van der Waals surface area (Å²) in [4.78, 5) is 22.9. The summed E-state index contributed by atoms with van der Waals surface area (Å²) >= 11 is 0. The zero-order chi connectivity index (χ0) is 22.5. The number of allylic oxidation sites excluding steroid dienone is 1. The van der Waals surface area contributed by atoms with Crippen LogP contribution >= 0.6 is 0 Å². The standard InChI is InChI=1S/C24H16N2O6/c25-13-19(24(27)18-2-1-3-20(12-18)26(28)29)10-16-4-7-21(8-5-16)30-14-17-6-9-22-23(11-17)32-15-31-22/h1-12H,14-15H2/b19-10+. The number of ketones is 1. The van der Waals surface area contributed by atoms with Gasteiger partial charge in [0, 0.05) is 17.7 Å². The van der Waals surface area contributed by atoms with Gasteiger partial charge in [-0.1, -0.05) is 30.3 Å². The lowest BCUT2D eigenvalue weighted by Crippen LogP contribution is -2.02. The number of non-ortho nitro benzene ring substituents is 1. The predicted octanol–water partition coefficient (Wildman–Crippen LogP) is 4.69. The lowest BCUT2D eigenvalue weighted by molar-refractivity contribution is -0.384. The Hall–Kier alpha value is -4.64. The molecular formula is C24H16N2O6. The van der Waals surface area contributed by atoms with Crippen molar-refractivity contribution in [1.82, 2.24) is 0 Å². The summed E-state index contributed by atoms with van der Waals surface area (Å²) in [7, 11) is 0. The first-order chi connectivity index (χ1) is 15.5. The van der Waals surface area contributed by atoms with Crippen LogP contribution in [0.3, 0.4) is 0 Å². The number of rotatable bonds is 7. The highest BCUT2D eigenvalue weighted by Gasteiger charge is 2.16. The average Bonchev–Trinajstić information content (AvgIpc) is 3.29. The molecule has 0 unspecified atom stereocenters. The summed E-state index contributed by atoms with van der Waals surface area (Å²) in [6, 6.07) is 19.6. The van der Waals surface area contributed by atoms with Crippen LogP contribution in [-0.2, 0) is 6.61 Å². The Balaban J connectivity index is 1.44. The molecule has 0 saturated heterocycles. The maximum Gasteiger partial charge on any atom is 0.270 e. The van der Waals surface area contributed by atoms with Crippen molar-refractivity contribution < 1.29 is 23.9 Å². The second kappa shape index (κ2) is 9.02. The van der Waals surface area contributed by atoms with E-state index in [2.05, 4.69) is 0 Å². The van der Waals surface area contributed by atoms with Gasteiger partial charge in [0.2, 0.25) is 12.6 Å². The van der Waals surface area contributed by atoms with Crippen molar-refractivity contribution in [1.29, 1.82) is 5.26 Å². The van der Waals surface area contributed by atoms with Gasteiger partial charge in [0.1, 0.15) is 24.0 Å². The van der Waals surface area contributed by atoms with E-state index in [1.807, 2.05) is 24.3 Å². The van der Waals surface area contributed by atoms with Gasteiger partial charge in [-0.3, -0.25) is 14.9 Å². The van der Waals surface area contributed by atoms with Crippen LogP contribution in [0.4, 0.5) is 5.69 Å². The number of benzene rings is 3. The van der Waals surface area contributed by atoms with Crippen LogP contribution in [0.2, 0.25) is 0 Å². The molecule has 0 amide bonds. The molecule has 32 heavy (non-hydrogen) atoms. The third-order valence-electron chi connectivity index (χ3n) is 4.72. The van der Waals surface area contributed by atoms with Gasteiger partial charge < -0.3 is 14.2 Å². The molecule has 1 aliphatic heterocycles. The molecule has 0 atom stereocenters. The third-order valence-corrected chi connectivity index (χ3v) is 4.72. The van der Waals surface area contributed by atoms with Crippen LogP contribution in [0.5, 0.6) is 17.2 Å². The van der Waals surface area contributed by atoms with E-state index in [0.717, 1.165) is 11.6 Å². The van der Waals surface area contributed by atoms with Crippen molar-refractivity contribution in [2.45, 2.75) is 6.61 Å². The van der Waals surface area contributed by atoms with Gasteiger partial charge in [0.15, 0.2) is 11.5 Å². The Morgan fingerprint density at radius 2 is 1.88 bits per heavy atom. The number of hydrogen-bond acceptors (Lipinski definition) is 7. The molecule has 8 heteroatoms. The zero-order valence-electron chi connectivity index (χ0n) is 16.7. The van der Waals surface area contributed by atoms with E-state index < -0.39 is 10.7 Å². The number of carbonyl (C=O) groups excluding carboxylic acids is 1. The number of ether oxygens (including phenoxy) is 3. The van der Waals surface area contributed by atoms with Crippen LogP contribution in [0, 0.1) is 21.4 Å². The van der Waals surface area contributed by atoms with Gasteiger partial charge in [0.05, 0.1) is 4.92 Å². The topological polar surface area (TPSA) is 112 Å². The Morgan fingerprint density at radius 1 is 1.09 bits per heavy atom. The van der Waals surface area contributed by atoms with Crippen molar-refractivity contribution in [2.75, 3.05) is 6.79 Å². The average molecular weight is 428 g/mol. The molecular weight excluding hydrogens is 412 g/mol. The molecule has 0 saturated carbocycles. The Labute approximate surface area is 183 Å². The first kappa shape index (κ1) is 20.6. The minimum absolute atomic E-state index is 0.0793. The molecule has 0 aliphatic carbocycles. The second-order valence-electron chi connectivity index (χ2n) is 6.85. The van der Waals surface area contributed by atoms with Crippen molar-refractivity contribution in [3.05, 3.63) is 99.1 Å². The Kier molecular flexibility index (Phi) is 5.81. The van der Waals surface area contributed by atoms with Crippen molar-refractivity contribution >= 4 is 17.5 Å². The number of Topliss-reactive ketones (excluding diaryl/α,β-unsaturated/α-hetero) is 1. The molecule has 1 heterocycles. The van der Waals surface area contributed by atoms with Crippen LogP contribution in [-0.4, -0.2) is 17.5 Å². The fourth-order valence-electron chi connectivity index (χ4n) is 3.09. The first-order valence-electron chi connectivity index (χ1n) is 9.56. The molecule has 3 aromatic rings. The summed E-state index contributed by atoms with van der Waals surface area (Å²) in [5, 5.41) is 20.3. The Bertz CT molecular complexity index is 1260. The molecule has 0 bridgehead atoms. The molecule has 158 valence electrons. The number of nitro groups is 1. The van der Waals surface area contributed by atoms with Gasteiger partial charge >= 0.3 is 0 Å². The minimum atomic E-state index is -0.588. The summed E-state index contributed by atoms with van der Waals surface area (Å²) < 4.78 is 16.4. The van der Waals surface area contributed by atoms with Crippen molar-refractivity contribution in [3.63, 3.8) is 0 Å². The first-order valence-corrected chi connectivity index (χ1v) is 9.56. The lowest BCUT2D eigenvalue weighted by Gasteiger charge is -2.07. The maximum absolute atomic E-state index is 12.6. The summed E-state index contributed by atoms with van der Waals surface area (Å²) in [6.07, 6.45) is 1.43. The van der Waals surface area contributed by atoms with Crippen molar-refractivity contribution in [3.8, 4) is 23.3 Å². The third kappa shape index (κ3) is 4.57. The highest BCUT2D eigenvalue weighted by atomic mass is 16.7. The van der Waals surface area contributed by atoms with E-state index in [-0.39, 0.29) is 23.6 Å². The monoisotopic (exact) mass is 428 g/mol. The highest BCUT2D eigenvalue weighted by molar-refractivity contribution is 6.14. The van der Waals surface area contributed by atoms with Crippen molar-refractivity contribution in [2.24, 2.45) is 0 Å². The largest absolute Gasteiger partial charge is 0.489 e. The number of nitriles is 1. The number of nitrogens with zero attached hydrogens (tertiary/aromatic N) is 2. The fourth-order valence-corrected chi connectivity index (χ4v) is 3.09. The molecule has 0 N–H and O–H groups in total. The van der Waals surface area contributed by atoms with Gasteiger partial charge in [-0.25, -0.2) is 0 Å². The van der Waals surface area contributed by atoms with E-state index in [1.165, 1.54) is 24.3 Å². The van der Waals surface area contributed by atoms with E-state index in [1.54, 1.807) is 24.3 Å². The summed E-state index contributed by atoms with van der Waals surface area (Å²) in [6.45, 7) is 0.545. The second-order valence-corrected chi connectivity index (χ2v) is 6.85. The molecule has 0 radical (unpaired) electrons. The quantitative estimate of drug-likeness (QED) is 0.176. The van der Waals surface area contributed by atoms with E-state index in [9.17, 15) is 20.2 Å². The number of fused-ring (bicyclic) bond motifs is 1. The van der Waals surface area contributed by atoms with Gasteiger partial charge in [-0.05, 0) is 41.5 Å². The molecule has 3 aromatic carbocycles. The molecule has 1 aliphatic rings. The number of carbonyl (C=O) groups is 1. The summed E-state index contributed by atoms with van der Waals surface area (Å²) in [5.74, 6) is 1.42. The molecule has 0 aromatic heterocycles. The molecule has 0 spiro atoms. The smallest absolute Gasteiger partial charge is 0.270 e. The summed E-state index contributed by atoms with van der Waals surface area (Å²) in [5.41, 5.74) is 1.29. The van der Waals surface area contributed by atoms with E-state index in [0.29, 0.717) is 29.4 Å². The number of hydrogen-bond donors (Lipinski definition) is 0. The van der Waals surface area contributed by atoms with Crippen LogP contribution < -0.4 is 14.2 Å². The lowest BCUT2D eigenvalue weighted by atomic mass is 10.0. The molecule has 0 fully saturated rings. The number of nitro benzene ring substituents is 1. The van der Waals surface area contributed by atoms with Crippen LogP contribution in [0.15, 0.2) is 72.3 Å². The molecule has 4 rings (SSSR count). The zero-order valence-corrected chi connectivity index (χ0v) is 16.7. The normalized spacial score (nSPS) is 12.2. The SMILES string of the molecule is N#C/C(=C\c1ccc(OCc2ccc3c(c2)OCO3)cc1)C(=O)c1cccc([N+](=O)[O-])c1. The van der Waals surface area contributed by atoms with Crippen LogP contribution in [0.1, 0.15) is 21.5 Å². The fraction of sp³-hybridized carbons (Fsp3) is 0.0833. The minimum Gasteiger partial charge on any atom is -0.489 e. The van der Waals surface area contributed by atoms with E-state index >= 15 is 0 Å². The van der Waals surface area contributed by atoms with Gasteiger partial charge in [-0.15, -0.1) is 0 Å². The highest BCUT2D eigenvalue weighted by Crippen LogP contribution is 2.32.